The zero-order valence-electron chi connectivity index (χ0n) is 18.1. The summed E-state index contributed by atoms with van der Waals surface area (Å²) in [6.07, 6.45) is 4.27. The summed E-state index contributed by atoms with van der Waals surface area (Å²) in [4.78, 5) is 41.2. The van der Waals surface area contributed by atoms with Gasteiger partial charge < -0.3 is 15.5 Å². The third kappa shape index (κ3) is 3.61. The van der Waals surface area contributed by atoms with Gasteiger partial charge in [-0.3, -0.25) is 14.4 Å². The van der Waals surface area contributed by atoms with Gasteiger partial charge in [0.05, 0.1) is 0 Å². The Morgan fingerprint density at radius 3 is 2.50 bits per heavy atom. The van der Waals surface area contributed by atoms with E-state index in [1.807, 2.05) is 52.0 Å². The molecule has 0 spiro atoms. The minimum absolute atomic E-state index is 0.0465. The quantitative estimate of drug-likeness (QED) is 0.753. The normalized spacial score (nSPS) is 25.9. The summed E-state index contributed by atoms with van der Waals surface area (Å²) < 4.78 is -0.457. The standard InChI is InChI=1S/C23H31N3O3S/c1-13(2)17(19(27)24-14-9-5-6-10-14)25-20(28)18-23(3,4)30-22-16-12-8-7-11-15(16)21(29)26(18)22/h7-8,11-14,17-18,22H,5-6,9-10H2,1-4H3,(H,24,27)(H,25,28)/t17-,18+,22?/m0/s1. The number of rotatable bonds is 5. The molecule has 0 aromatic heterocycles. The number of amides is 3. The highest BCUT2D eigenvalue weighted by Gasteiger charge is 2.57. The van der Waals surface area contributed by atoms with E-state index in [9.17, 15) is 14.4 Å². The lowest BCUT2D eigenvalue weighted by molar-refractivity contribution is -0.133. The highest BCUT2D eigenvalue weighted by Crippen LogP contribution is 2.56. The predicted molar refractivity (Wildman–Crippen MR) is 118 cm³/mol. The molecule has 0 bridgehead atoms. The molecular formula is C23H31N3O3S. The summed E-state index contributed by atoms with van der Waals surface area (Å²) in [5, 5.41) is 5.93. The lowest BCUT2D eigenvalue weighted by Gasteiger charge is -2.32. The summed E-state index contributed by atoms with van der Waals surface area (Å²) in [5.41, 5.74) is 1.64. The smallest absolute Gasteiger partial charge is 0.256 e. The predicted octanol–water partition coefficient (Wildman–Crippen LogP) is 3.23. The van der Waals surface area contributed by atoms with Gasteiger partial charge in [-0.2, -0.15) is 0 Å². The van der Waals surface area contributed by atoms with E-state index >= 15 is 0 Å². The summed E-state index contributed by atoms with van der Waals surface area (Å²) >= 11 is 1.64. The molecule has 1 saturated carbocycles. The molecule has 1 saturated heterocycles. The molecule has 2 aliphatic heterocycles. The van der Waals surface area contributed by atoms with Crippen molar-refractivity contribution in [3.8, 4) is 0 Å². The van der Waals surface area contributed by atoms with Crippen molar-refractivity contribution in [3.63, 3.8) is 0 Å². The molecule has 162 valence electrons. The third-order valence-corrected chi connectivity index (χ3v) is 8.03. The molecule has 4 rings (SSSR count). The van der Waals surface area contributed by atoms with Gasteiger partial charge in [-0.25, -0.2) is 0 Å². The molecule has 1 aromatic rings. The van der Waals surface area contributed by atoms with Crippen LogP contribution in [0.15, 0.2) is 24.3 Å². The third-order valence-electron chi connectivity index (χ3n) is 6.49. The van der Waals surface area contributed by atoms with Crippen LogP contribution in [0.25, 0.3) is 0 Å². The van der Waals surface area contributed by atoms with Crippen LogP contribution in [-0.2, 0) is 9.59 Å². The lowest BCUT2D eigenvalue weighted by atomic mass is 9.98. The van der Waals surface area contributed by atoms with Gasteiger partial charge in [-0.05, 0) is 44.2 Å². The van der Waals surface area contributed by atoms with Crippen LogP contribution in [0.1, 0.15) is 74.7 Å². The lowest BCUT2D eigenvalue weighted by Crippen LogP contribution is -2.58. The molecule has 1 aliphatic carbocycles. The van der Waals surface area contributed by atoms with E-state index in [2.05, 4.69) is 10.6 Å². The average Bonchev–Trinajstić information content (AvgIpc) is 3.35. The number of carbonyl (C=O) groups excluding carboxylic acids is 3. The summed E-state index contributed by atoms with van der Waals surface area (Å²) in [7, 11) is 0. The van der Waals surface area contributed by atoms with Gasteiger partial charge in [-0.1, -0.05) is 44.9 Å². The van der Waals surface area contributed by atoms with Gasteiger partial charge in [0.15, 0.2) is 0 Å². The number of nitrogens with zero attached hydrogens (tertiary/aromatic N) is 1. The van der Waals surface area contributed by atoms with Gasteiger partial charge in [0, 0.05) is 16.4 Å². The first-order chi connectivity index (χ1) is 14.2. The first kappa shape index (κ1) is 21.2. The first-order valence-electron chi connectivity index (χ1n) is 10.9. The molecule has 0 radical (unpaired) electrons. The van der Waals surface area contributed by atoms with Crippen LogP contribution >= 0.6 is 11.8 Å². The molecule has 6 nitrogen and oxygen atoms in total. The van der Waals surface area contributed by atoms with E-state index in [-0.39, 0.29) is 35.1 Å². The van der Waals surface area contributed by atoms with E-state index in [0.717, 1.165) is 31.2 Å². The van der Waals surface area contributed by atoms with Crippen molar-refractivity contribution in [2.24, 2.45) is 5.92 Å². The Balaban J connectivity index is 1.54. The molecule has 2 heterocycles. The molecule has 2 fully saturated rings. The number of hydrogen-bond donors (Lipinski definition) is 2. The van der Waals surface area contributed by atoms with Crippen LogP contribution in [0, 0.1) is 5.92 Å². The number of nitrogens with one attached hydrogen (secondary N) is 2. The van der Waals surface area contributed by atoms with Crippen LogP contribution in [0.2, 0.25) is 0 Å². The molecular weight excluding hydrogens is 398 g/mol. The van der Waals surface area contributed by atoms with Gasteiger partial charge >= 0.3 is 0 Å². The Bertz CT molecular complexity index is 863. The van der Waals surface area contributed by atoms with Crippen molar-refractivity contribution in [2.45, 2.75) is 81.6 Å². The molecule has 30 heavy (non-hydrogen) atoms. The van der Waals surface area contributed by atoms with E-state index in [0.29, 0.717) is 5.56 Å². The number of hydrogen-bond acceptors (Lipinski definition) is 4. The maximum absolute atomic E-state index is 13.5. The van der Waals surface area contributed by atoms with Crippen molar-refractivity contribution in [3.05, 3.63) is 35.4 Å². The van der Waals surface area contributed by atoms with Crippen LogP contribution in [-0.4, -0.2) is 45.5 Å². The topological polar surface area (TPSA) is 78.5 Å². The van der Waals surface area contributed by atoms with Crippen molar-refractivity contribution < 1.29 is 14.4 Å². The average molecular weight is 430 g/mol. The monoisotopic (exact) mass is 429 g/mol. The SMILES string of the molecule is CC(C)[C@H](NC(=O)[C@H]1N2C(=O)c3ccccc3C2SC1(C)C)C(=O)NC1CCCC1. The van der Waals surface area contributed by atoms with Gasteiger partial charge in [0.1, 0.15) is 17.5 Å². The minimum atomic E-state index is -0.632. The van der Waals surface area contributed by atoms with Gasteiger partial charge in [0.25, 0.3) is 5.91 Å². The number of thioether (sulfide) groups is 1. The number of carbonyl (C=O) groups is 3. The maximum Gasteiger partial charge on any atom is 0.256 e. The Morgan fingerprint density at radius 2 is 1.83 bits per heavy atom. The fourth-order valence-corrected chi connectivity index (χ4v) is 6.52. The zero-order chi connectivity index (χ0) is 21.6. The highest BCUT2D eigenvalue weighted by atomic mass is 32.2. The van der Waals surface area contributed by atoms with Crippen LogP contribution in [0.3, 0.4) is 0 Å². The number of fused-ring (bicyclic) bond motifs is 3. The second kappa shape index (κ2) is 7.91. The van der Waals surface area contributed by atoms with Crippen LogP contribution in [0.4, 0.5) is 0 Å². The number of benzene rings is 1. The van der Waals surface area contributed by atoms with E-state index in [1.54, 1.807) is 16.7 Å². The second-order valence-corrected chi connectivity index (χ2v) is 11.2. The molecule has 3 aliphatic rings. The summed E-state index contributed by atoms with van der Waals surface area (Å²) in [6, 6.07) is 6.53. The minimum Gasteiger partial charge on any atom is -0.352 e. The molecule has 3 amide bonds. The molecule has 7 heteroatoms. The summed E-state index contributed by atoms with van der Waals surface area (Å²) in [6.45, 7) is 7.87. The molecule has 1 aromatic carbocycles. The van der Waals surface area contributed by atoms with Crippen molar-refractivity contribution in [1.29, 1.82) is 0 Å². The van der Waals surface area contributed by atoms with Crippen molar-refractivity contribution in [2.75, 3.05) is 0 Å². The second-order valence-electron chi connectivity index (χ2n) is 9.50. The van der Waals surface area contributed by atoms with E-state index < -0.39 is 16.8 Å². The van der Waals surface area contributed by atoms with Gasteiger partial charge in [-0.15, -0.1) is 11.8 Å². The largest absolute Gasteiger partial charge is 0.352 e. The summed E-state index contributed by atoms with van der Waals surface area (Å²) in [5.74, 6) is -0.530. The molecule has 2 N–H and O–H groups in total. The highest BCUT2D eigenvalue weighted by molar-refractivity contribution is 8.01. The van der Waals surface area contributed by atoms with E-state index in [4.69, 9.17) is 0 Å². The first-order valence-corrected chi connectivity index (χ1v) is 11.8. The zero-order valence-corrected chi connectivity index (χ0v) is 18.9. The van der Waals surface area contributed by atoms with Crippen LogP contribution in [0.5, 0.6) is 0 Å². The maximum atomic E-state index is 13.5. The molecule has 1 unspecified atom stereocenters. The van der Waals surface area contributed by atoms with E-state index in [1.165, 1.54) is 0 Å². The molecule has 3 atom stereocenters. The van der Waals surface area contributed by atoms with Gasteiger partial charge in [0.2, 0.25) is 11.8 Å². The van der Waals surface area contributed by atoms with Crippen molar-refractivity contribution >= 4 is 29.5 Å². The Kier molecular flexibility index (Phi) is 5.60. The Hall–Kier alpha value is -2.02. The van der Waals surface area contributed by atoms with Crippen LogP contribution < -0.4 is 10.6 Å². The Labute approximate surface area is 182 Å². The van der Waals surface area contributed by atoms with Crippen molar-refractivity contribution in [1.82, 2.24) is 15.5 Å². The fraction of sp³-hybridized carbons (Fsp3) is 0.609. The fourth-order valence-electron chi connectivity index (χ4n) is 4.93. The Morgan fingerprint density at radius 1 is 1.17 bits per heavy atom.